The first kappa shape index (κ1) is 13.6. The lowest BCUT2D eigenvalue weighted by Crippen LogP contribution is -2.26. The molecule has 0 spiro atoms. The van der Waals surface area contributed by atoms with Crippen LogP contribution in [-0.2, 0) is 16.4 Å². The van der Waals surface area contributed by atoms with Crippen molar-refractivity contribution >= 4 is 15.7 Å². The zero-order valence-electron chi connectivity index (χ0n) is 10.4. The van der Waals surface area contributed by atoms with Crippen LogP contribution >= 0.6 is 0 Å². The predicted molar refractivity (Wildman–Crippen MR) is 76.2 cm³/mol. The highest BCUT2D eigenvalue weighted by Gasteiger charge is 2.15. The van der Waals surface area contributed by atoms with Gasteiger partial charge < -0.3 is 5.73 Å². The first-order valence-electron chi connectivity index (χ1n) is 5.98. The largest absolute Gasteiger partial charge is 0.398 e. The summed E-state index contributed by atoms with van der Waals surface area (Å²) in [5.41, 5.74) is 7.02. The van der Waals surface area contributed by atoms with Gasteiger partial charge in [-0.15, -0.1) is 0 Å². The van der Waals surface area contributed by atoms with Crippen molar-refractivity contribution in [1.29, 1.82) is 0 Å². The van der Waals surface area contributed by atoms with Gasteiger partial charge in [-0.3, -0.25) is 0 Å². The SMILES string of the molecule is Nc1ccccc1S(=O)(=O)NCCc1ccccc1. The second kappa shape index (κ2) is 5.86. The number of benzene rings is 2. The van der Waals surface area contributed by atoms with E-state index in [4.69, 9.17) is 5.73 Å². The summed E-state index contributed by atoms with van der Waals surface area (Å²) in [7, 11) is -3.54. The summed E-state index contributed by atoms with van der Waals surface area (Å²) in [6, 6.07) is 16.2. The first-order valence-corrected chi connectivity index (χ1v) is 7.46. The Morgan fingerprint density at radius 3 is 2.26 bits per heavy atom. The van der Waals surface area contributed by atoms with Gasteiger partial charge in [0, 0.05) is 6.54 Å². The van der Waals surface area contributed by atoms with Gasteiger partial charge in [-0.25, -0.2) is 13.1 Å². The lowest BCUT2D eigenvalue weighted by molar-refractivity contribution is 0.582. The monoisotopic (exact) mass is 276 g/mol. The van der Waals surface area contributed by atoms with Gasteiger partial charge in [-0.1, -0.05) is 42.5 Å². The molecule has 0 atom stereocenters. The van der Waals surface area contributed by atoms with Crippen LogP contribution < -0.4 is 10.5 Å². The smallest absolute Gasteiger partial charge is 0.242 e. The molecule has 2 rings (SSSR count). The normalized spacial score (nSPS) is 11.4. The Balaban J connectivity index is 2.01. The Labute approximate surface area is 113 Å². The minimum atomic E-state index is -3.54. The molecule has 0 aliphatic carbocycles. The molecule has 4 nitrogen and oxygen atoms in total. The summed E-state index contributed by atoms with van der Waals surface area (Å²) in [6.07, 6.45) is 0.646. The number of rotatable bonds is 5. The third kappa shape index (κ3) is 3.56. The molecule has 2 aromatic carbocycles. The summed E-state index contributed by atoms with van der Waals surface area (Å²) < 4.78 is 26.7. The number of nitrogens with one attached hydrogen (secondary N) is 1. The number of nitrogen functional groups attached to an aromatic ring is 1. The molecule has 3 N–H and O–H groups in total. The number of hydrogen-bond acceptors (Lipinski definition) is 3. The van der Waals surface area contributed by atoms with Crippen LogP contribution in [0.25, 0.3) is 0 Å². The van der Waals surface area contributed by atoms with Crippen molar-refractivity contribution in [2.24, 2.45) is 0 Å². The molecule has 100 valence electrons. The third-order valence-electron chi connectivity index (χ3n) is 2.76. The van der Waals surface area contributed by atoms with Crippen molar-refractivity contribution in [3.8, 4) is 0 Å². The molecule has 19 heavy (non-hydrogen) atoms. The lowest BCUT2D eigenvalue weighted by atomic mass is 10.2. The molecule has 0 saturated heterocycles. The average molecular weight is 276 g/mol. The van der Waals surface area contributed by atoms with E-state index in [0.717, 1.165) is 5.56 Å². The highest BCUT2D eigenvalue weighted by Crippen LogP contribution is 2.16. The standard InChI is InChI=1S/C14H16N2O2S/c15-13-8-4-5-9-14(13)19(17,18)16-11-10-12-6-2-1-3-7-12/h1-9,16H,10-11,15H2. The first-order chi connectivity index (χ1) is 9.09. The van der Waals surface area contributed by atoms with E-state index in [1.165, 1.54) is 6.07 Å². The van der Waals surface area contributed by atoms with Gasteiger partial charge in [-0.05, 0) is 24.1 Å². The molecular formula is C14H16N2O2S. The van der Waals surface area contributed by atoms with Gasteiger partial charge >= 0.3 is 0 Å². The van der Waals surface area contributed by atoms with E-state index in [0.29, 0.717) is 13.0 Å². The molecule has 0 aromatic heterocycles. The van der Waals surface area contributed by atoms with Crippen LogP contribution in [0.4, 0.5) is 5.69 Å². The number of sulfonamides is 1. The average Bonchev–Trinajstić information content (AvgIpc) is 2.40. The Hall–Kier alpha value is -1.85. The fraction of sp³-hybridized carbons (Fsp3) is 0.143. The van der Waals surface area contributed by atoms with Crippen molar-refractivity contribution in [1.82, 2.24) is 4.72 Å². The zero-order valence-corrected chi connectivity index (χ0v) is 11.2. The van der Waals surface area contributed by atoms with Crippen LogP contribution in [0.2, 0.25) is 0 Å². The van der Waals surface area contributed by atoms with Crippen LogP contribution in [-0.4, -0.2) is 15.0 Å². The van der Waals surface area contributed by atoms with Gasteiger partial charge in [0.1, 0.15) is 4.90 Å². The topological polar surface area (TPSA) is 72.2 Å². The third-order valence-corrected chi connectivity index (χ3v) is 4.29. The van der Waals surface area contributed by atoms with E-state index in [-0.39, 0.29) is 10.6 Å². The minimum absolute atomic E-state index is 0.128. The van der Waals surface area contributed by atoms with Crippen LogP contribution in [0, 0.1) is 0 Å². The summed E-state index contributed by atoms with van der Waals surface area (Å²) in [5, 5.41) is 0. The molecule has 0 unspecified atom stereocenters. The zero-order chi connectivity index (χ0) is 13.7. The molecule has 0 aliphatic heterocycles. The lowest BCUT2D eigenvalue weighted by Gasteiger charge is -2.08. The second-order valence-corrected chi connectivity index (χ2v) is 5.91. The molecule has 0 aliphatic rings. The van der Waals surface area contributed by atoms with Gasteiger partial charge in [-0.2, -0.15) is 0 Å². The van der Waals surface area contributed by atoms with E-state index in [1.54, 1.807) is 18.2 Å². The second-order valence-electron chi connectivity index (χ2n) is 4.17. The van der Waals surface area contributed by atoms with Gasteiger partial charge in [0.2, 0.25) is 10.0 Å². The Morgan fingerprint density at radius 1 is 0.947 bits per heavy atom. The molecule has 0 saturated carbocycles. The van der Waals surface area contributed by atoms with Crippen LogP contribution in [0.15, 0.2) is 59.5 Å². The molecule has 0 heterocycles. The number of hydrogen-bond donors (Lipinski definition) is 2. The summed E-state index contributed by atoms with van der Waals surface area (Å²) in [5.74, 6) is 0. The van der Waals surface area contributed by atoms with Crippen molar-refractivity contribution in [3.05, 3.63) is 60.2 Å². The van der Waals surface area contributed by atoms with E-state index < -0.39 is 10.0 Å². The molecule has 5 heteroatoms. The number of anilines is 1. The van der Waals surface area contributed by atoms with Crippen molar-refractivity contribution in [3.63, 3.8) is 0 Å². The van der Waals surface area contributed by atoms with E-state index in [9.17, 15) is 8.42 Å². The summed E-state index contributed by atoms with van der Waals surface area (Å²) in [4.78, 5) is 0.128. The maximum absolute atomic E-state index is 12.1. The Morgan fingerprint density at radius 2 is 1.58 bits per heavy atom. The molecule has 0 bridgehead atoms. The molecule has 0 amide bonds. The van der Waals surface area contributed by atoms with E-state index >= 15 is 0 Å². The van der Waals surface area contributed by atoms with Gasteiger partial charge in [0.15, 0.2) is 0 Å². The van der Waals surface area contributed by atoms with Crippen LogP contribution in [0.3, 0.4) is 0 Å². The Kier molecular flexibility index (Phi) is 4.19. The minimum Gasteiger partial charge on any atom is -0.398 e. The number of para-hydroxylation sites is 1. The molecule has 0 radical (unpaired) electrons. The van der Waals surface area contributed by atoms with Crippen LogP contribution in [0.5, 0.6) is 0 Å². The molecule has 2 aromatic rings. The van der Waals surface area contributed by atoms with E-state index in [2.05, 4.69) is 4.72 Å². The maximum Gasteiger partial charge on any atom is 0.242 e. The van der Waals surface area contributed by atoms with Crippen molar-refractivity contribution < 1.29 is 8.42 Å². The molecular weight excluding hydrogens is 260 g/mol. The quantitative estimate of drug-likeness (QED) is 0.818. The fourth-order valence-corrected chi connectivity index (χ4v) is 2.94. The summed E-state index contributed by atoms with van der Waals surface area (Å²) in [6.45, 7) is 0.348. The fourth-order valence-electron chi connectivity index (χ4n) is 1.78. The van der Waals surface area contributed by atoms with E-state index in [1.807, 2.05) is 30.3 Å². The van der Waals surface area contributed by atoms with Gasteiger partial charge in [0.25, 0.3) is 0 Å². The predicted octanol–water partition coefficient (Wildman–Crippen LogP) is 1.79. The highest BCUT2D eigenvalue weighted by molar-refractivity contribution is 7.89. The maximum atomic E-state index is 12.1. The van der Waals surface area contributed by atoms with Crippen molar-refractivity contribution in [2.45, 2.75) is 11.3 Å². The van der Waals surface area contributed by atoms with Crippen LogP contribution in [0.1, 0.15) is 5.56 Å². The molecule has 0 fully saturated rings. The Bertz CT molecular complexity index is 640. The van der Waals surface area contributed by atoms with Gasteiger partial charge in [0.05, 0.1) is 5.69 Å². The highest BCUT2D eigenvalue weighted by atomic mass is 32.2. The van der Waals surface area contributed by atoms with Crippen molar-refractivity contribution in [2.75, 3.05) is 12.3 Å². The number of nitrogens with two attached hydrogens (primary N) is 1. The summed E-state index contributed by atoms with van der Waals surface area (Å²) >= 11 is 0.